The Morgan fingerprint density at radius 3 is 2.31 bits per heavy atom. The third-order valence-electron chi connectivity index (χ3n) is 5.70. The summed E-state index contributed by atoms with van der Waals surface area (Å²) >= 11 is 0. The minimum atomic E-state index is -0.180. The summed E-state index contributed by atoms with van der Waals surface area (Å²) in [6.07, 6.45) is 1.86. The average Bonchev–Trinajstić information content (AvgIpc) is 2.66. The second-order valence-electron chi connectivity index (χ2n) is 8.05. The number of aliphatic hydroxyl groups is 1. The Kier molecular flexibility index (Phi) is 6.13. The first kappa shape index (κ1) is 19.1. The predicted octanol–water partition coefficient (Wildman–Crippen LogP) is 3.91. The molecule has 0 saturated carbocycles. The molecule has 1 aliphatic rings. The highest BCUT2D eigenvalue weighted by Crippen LogP contribution is 2.46. The quantitative estimate of drug-likeness (QED) is 0.793. The first-order valence-corrected chi connectivity index (χ1v) is 9.61. The fourth-order valence-electron chi connectivity index (χ4n) is 4.43. The maximum absolute atomic E-state index is 10.3. The van der Waals surface area contributed by atoms with Crippen molar-refractivity contribution < 1.29 is 9.84 Å². The monoisotopic (exact) mass is 353 g/mol. The second-order valence-corrected chi connectivity index (χ2v) is 8.05. The van der Waals surface area contributed by atoms with Crippen LogP contribution in [0.1, 0.15) is 37.8 Å². The SMILES string of the molecule is CC1(C)C[C@@](c2ccccc2)([C@@H](CO)CNCc2ccccc2)CCO1. The van der Waals surface area contributed by atoms with Gasteiger partial charge in [0.2, 0.25) is 0 Å². The lowest BCUT2D eigenvalue weighted by Crippen LogP contribution is -2.51. The van der Waals surface area contributed by atoms with Gasteiger partial charge < -0.3 is 15.2 Å². The molecule has 3 nitrogen and oxygen atoms in total. The van der Waals surface area contributed by atoms with Gasteiger partial charge in [0.05, 0.1) is 5.60 Å². The Labute approximate surface area is 157 Å². The van der Waals surface area contributed by atoms with Crippen LogP contribution in [0.25, 0.3) is 0 Å². The van der Waals surface area contributed by atoms with E-state index in [0.29, 0.717) is 0 Å². The minimum absolute atomic E-state index is 0.0680. The molecule has 0 unspecified atom stereocenters. The van der Waals surface area contributed by atoms with Crippen LogP contribution in [0.15, 0.2) is 60.7 Å². The maximum atomic E-state index is 10.3. The van der Waals surface area contributed by atoms with Crippen LogP contribution in [-0.4, -0.2) is 30.5 Å². The molecule has 1 aliphatic heterocycles. The van der Waals surface area contributed by atoms with Crippen molar-refractivity contribution in [1.82, 2.24) is 5.32 Å². The van der Waals surface area contributed by atoms with Gasteiger partial charge in [0, 0.05) is 37.6 Å². The van der Waals surface area contributed by atoms with Crippen molar-refractivity contribution >= 4 is 0 Å². The number of hydrogen-bond acceptors (Lipinski definition) is 3. The summed E-state index contributed by atoms with van der Waals surface area (Å²) in [5, 5.41) is 13.9. The van der Waals surface area contributed by atoms with Crippen molar-refractivity contribution in [3.63, 3.8) is 0 Å². The van der Waals surface area contributed by atoms with Crippen LogP contribution in [0, 0.1) is 5.92 Å². The first-order chi connectivity index (χ1) is 12.6. The van der Waals surface area contributed by atoms with E-state index in [1.165, 1.54) is 11.1 Å². The van der Waals surface area contributed by atoms with E-state index in [2.05, 4.69) is 73.8 Å². The third kappa shape index (κ3) is 4.35. The molecule has 0 spiro atoms. The lowest BCUT2D eigenvalue weighted by atomic mass is 9.62. The molecule has 140 valence electrons. The molecule has 0 radical (unpaired) electrons. The van der Waals surface area contributed by atoms with Crippen molar-refractivity contribution in [3.05, 3.63) is 71.8 Å². The molecule has 0 aromatic heterocycles. The molecule has 0 bridgehead atoms. The fourth-order valence-corrected chi connectivity index (χ4v) is 4.43. The van der Waals surface area contributed by atoms with E-state index < -0.39 is 0 Å². The number of hydrogen-bond donors (Lipinski definition) is 2. The van der Waals surface area contributed by atoms with E-state index in [1.807, 2.05) is 6.07 Å². The Bertz CT molecular complexity index is 671. The van der Waals surface area contributed by atoms with E-state index in [0.717, 1.165) is 32.5 Å². The molecule has 2 aromatic rings. The molecule has 0 aliphatic carbocycles. The average molecular weight is 354 g/mol. The van der Waals surface area contributed by atoms with Gasteiger partial charge in [-0.2, -0.15) is 0 Å². The zero-order chi connectivity index (χ0) is 18.5. The molecule has 0 amide bonds. The fraction of sp³-hybridized carbons (Fsp3) is 0.478. The van der Waals surface area contributed by atoms with Crippen LogP contribution in [0.3, 0.4) is 0 Å². The Hall–Kier alpha value is -1.68. The Balaban J connectivity index is 1.80. The van der Waals surface area contributed by atoms with Gasteiger partial charge in [-0.3, -0.25) is 0 Å². The third-order valence-corrected chi connectivity index (χ3v) is 5.70. The number of aliphatic hydroxyl groups excluding tert-OH is 1. The zero-order valence-electron chi connectivity index (χ0n) is 15.9. The van der Waals surface area contributed by atoms with Gasteiger partial charge in [0.25, 0.3) is 0 Å². The van der Waals surface area contributed by atoms with Crippen molar-refractivity contribution in [2.75, 3.05) is 19.8 Å². The van der Waals surface area contributed by atoms with E-state index in [4.69, 9.17) is 4.74 Å². The van der Waals surface area contributed by atoms with Gasteiger partial charge in [0.1, 0.15) is 0 Å². The summed E-state index contributed by atoms with van der Waals surface area (Å²) in [5.74, 6) is 0.150. The molecular weight excluding hydrogens is 322 g/mol. The number of ether oxygens (including phenoxy) is 1. The minimum Gasteiger partial charge on any atom is -0.396 e. The highest BCUT2D eigenvalue weighted by atomic mass is 16.5. The maximum Gasteiger partial charge on any atom is 0.0635 e. The van der Waals surface area contributed by atoms with Crippen molar-refractivity contribution in [3.8, 4) is 0 Å². The van der Waals surface area contributed by atoms with Crippen LogP contribution in [-0.2, 0) is 16.7 Å². The summed E-state index contributed by atoms with van der Waals surface area (Å²) in [6.45, 7) is 6.84. The molecule has 26 heavy (non-hydrogen) atoms. The lowest BCUT2D eigenvalue weighted by molar-refractivity contribution is -0.0991. The van der Waals surface area contributed by atoms with E-state index >= 15 is 0 Å². The topological polar surface area (TPSA) is 41.5 Å². The normalized spacial score (nSPS) is 23.5. The first-order valence-electron chi connectivity index (χ1n) is 9.61. The van der Waals surface area contributed by atoms with E-state index in [-0.39, 0.29) is 23.5 Å². The van der Waals surface area contributed by atoms with Crippen LogP contribution >= 0.6 is 0 Å². The number of benzene rings is 2. The molecule has 3 heteroatoms. The molecule has 1 saturated heterocycles. The van der Waals surface area contributed by atoms with Gasteiger partial charge in [0.15, 0.2) is 0 Å². The molecular formula is C23H31NO2. The highest BCUT2D eigenvalue weighted by Gasteiger charge is 2.46. The second kappa shape index (κ2) is 8.34. The summed E-state index contributed by atoms with van der Waals surface area (Å²) in [4.78, 5) is 0. The summed E-state index contributed by atoms with van der Waals surface area (Å²) in [7, 11) is 0. The van der Waals surface area contributed by atoms with Gasteiger partial charge in [-0.05, 0) is 37.8 Å². The molecule has 2 atom stereocenters. The Morgan fingerprint density at radius 1 is 1.04 bits per heavy atom. The van der Waals surface area contributed by atoms with Crippen LogP contribution in [0.4, 0.5) is 0 Å². The summed E-state index contributed by atoms with van der Waals surface area (Å²) in [5.41, 5.74) is 2.34. The van der Waals surface area contributed by atoms with Crippen molar-refractivity contribution in [2.45, 2.75) is 44.2 Å². The molecule has 3 rings (SSSR count). The molecule has 2 aromatic carbocycles. The zero-order valence-corrected chi connectivity index (χ0v) is 15.9. The molecule has 1 fully saturated rings. The van der Waals surface area contributed by atoms with Crippen LogP contribution in [0.2, 0.25) is 0 Å². The summed E-state index contributed by atoms with van der Waals surface area (Å²) in [6, 6.07) is 21.1. The lowest BCUT2D eigenvalue weighted by Gasteiger charge is -2.49. The van der Waals surface area contributed by atoms with Gasteiger partial charge in [-0.25, -0.2) is 0 Å². The predicted molar refractivity (Wildman–Crippen MR) is 106 cm³/mol. The largest absolute Gasteiger partial charge is 0.396 e. The van der Waals surface area contributed by atoms with Crippen molar-refractivity contribution in [1.29, 1.82) is 0 Å². The van der Waals surface area contributed by atoms with E-state index in [9.17, 15) is 5.11 Å². The van der Waals surface area contributed by atoms with Crippen LogP contribution < -0.4 is 5.32 Å². The van der Waals surface area contributed by atoms with Gasteiger partial charge >= 0.3 is 0 Å². The van der Waals surface area contributed by atoms with Gasteiger partial charge in [-0.15, -0.1) is 0 Å². The molecule has 1 heterocycles. The van der Waals surface area contributed by atoms with Crippen LogP contribution in [0.5, 0.6) is 0 Å². The number of rotatable bonds is 7. The van der Waals surface area contributed by atoms with Gasteiger partial charge in [-0.1, -0.05) is 60.7 Å². The molecule has 2 N–H and O–H groups in total. The smallest absolute Gasteiger partial charge is 0.0635 e. The highest BCUT2D eigenvalue weighted by molar-refractivity contribution is 5.28. The van der Waals surface area contributed by atoms with Crippen molar-refractivity contribution in [2.24, 2.45) is 5.92 Å². The summed E-state index contributed by atoms with van der Waals surface area (Å²) < 4.78 is 6.01. The standard InChI is InChI=1S/C23H31NO2/c1-22(2)18-23(13-14-26-22,20-11-7-4-8-12-20)21(17-25)16-24-15-19-9-5-3-6-10-19/h3-12,21,24-25H,13-18H2,1-2H3/t21-,23+/m1/s1. The van der Waals surface area contributed by atoms with E-state index in [1.54, 1.807) is 0 Å². The Morgan fingerprint density at radius 2 is 1.69 bits per heavy atom. The number of nitrogens with one attached hydrogen (secondary N) is 1.